The van der Waals surface area contributed by atoms with Crippen molar-refractivity contribution in [3.8, 4) is 5.75 Å². The first-order chi connectivity index (χ1) is 7.83. The minimum absolute atomic E-state index is 0.0792. The van der Waals surface area contributed by atoms with Crippen LogP contribution in [0.1, 0.15) is 24.9 Å². The van der Waals surface area contributed by atoms with Gasteiger partial charge in [-0.25, -0.2) is 0 Å². The van der Waals surface area contributed by atoms with E-state index in [0.717, 1.165) is 18.6 Å². The molecule has 1 aromatic rings. The highest BCUT2D eigenvalue weighted by atomic mass is 16.5. The van der Waals surface area contributed by atoms with Crippen LogP contribution in [-0.2, 0) is 4.74 Å². The molecule has 0 amide bonds. The van der Waals surface area contributed by atoms with Gasteiger partial charge in [0.2, 0.25) is 0 Å². The van der Waals surface area contributed by atoms with Crippen molar-refractivity contribution >= 4 is 0 Å². The number of nitrogens with two attached hydrogens (primary N) is 1. The monoisotopic (exact) mass is 225 g/mol. The molecule has 1 unspecified atom stereocenters. The quantitative estimate of drug-likeness (QED) is 0.412. The highest BCUT2D eigenvalue weighted by molar-refractivity contribution is 5.32. The van der Waals surface area contributed by atoms with Crippen molar-refractivity contribution in [2.45, 2.75) is 19.4 Å². The Hall–Kier alpha value is -1.17. The van der Waals surface area contributed by atoms with Crippen LogP contribution in [0.15, 0.2) is 18.5 Å². The van der Waals surface area contributed by atoms with Crippen molar-refractivity contribution in [3.63, 3.8) is 0 Å². The normalized spacial score (nSPS) is 12.4. The van der Waals surface area contributed by atoms with Gasteiger partial charge in [0.1, 0.15) is 5.75 Å². The molecule has 0 saturated carbocycles. The molecule has 0 bridgehead atoms. The molecule has 1 heterocycles. The van der Waals surface area contributed by atoms with E-state index in [0.29, 0.717) is 12.4 Å². The molecular formula is C11H19N3O2. The third-order valence-corrected chi connectivity index (χ3v) is 2.25. The van der Waals surface area contributed by atoms with Crippen molar-refractivity contribution in [2.75, 3.05) is 20.3 Å². The van der Waals surface area contributed by atoms with E-state index >= 15 is 0 Å². The van der Waals surface area contributed by atoms with Gasteiger partial charge in [0, 0.05) is 18.4 Å². The molecule has 3 N–H and O–H groups in total. The van der Waals surface area contributed by atoms with Crippen LogP contribution in [0.25, 0.3) is 0 Å². The van der Waals surface area contributed by atoms with Gasteiger partial charge in [-0.05, 0) is 12.5 Å². The van der Waals surface area contributed by atoms with E-state index in [1.54, 1.807) is 19.5 Å². The predicted octanol–water partition coefficient (Wildman–Crippen LogP) is 1.02. The first kappa shape index (κ1) is 12.9. The summed E-state index contributed by atoms with van der Waals surface area (Å²) in [6.07, 6.45) is 4.37. The molecule has 0 saturated heterocycles. The molecule has 1 aromatic heterocycles. The van der Waals surface area contributed by atoms with Crippen LogP contribution in [0.4, 0.5) is 0 Å². The van der Waals surface area contributed by atoms with E-state index in [1.165, 1.54) is 0 Å². The van der Waals surface area contributed by atoms with Gasteiger partial charge < -0.3 is 9.47 Å². The summed E-state index contributed by atoms with van der Waals surface area (Å²) in [5, 5.41) is 0. The third kappa shape index (κ3) is 3.44. The van der Waals surface area contributed by atoms with Gasteiger partial charge >= 0.3 is 0 Å². The molecule has 0 fully saturated rings. The van der Waals surface area contributed by atoms with E-state index in [9.17, 15) is 0 Å². The SMILES string of the molecule is CCCOCC(NN)c1ccncc1OC. The summed E-state index contributed by atoms with van der Waals surface area (Å²) in [7, 11) is 1.61. The Morgan fingerprint density at radius 1 is 1.56 bits per heavy atom. The van der Waals surface area contributed by atoms with Crippen LogP contribution in [-0.4, -0.2) is 25.3 Å². The summed E-state index contributed by atoms with van der Waals surface area (Å²) in [4.78, 5) is 3.99. The highest BCUT2D eigenvalue weighted by Gasteiger charge is 2.14. The fourth-order valence-corrected chi connectivity index (χ4v) is 1.42. The van der Waals surface area contributed by atoms with Gasteiger partial charge in [0.05, 0.1) is 26.0 Å². The van der Waals surface area contributed by atoms with Gasteiger partial charge in [-0.2, -0.15) is 0 Å². The molecule has 0 radical (unpaired) electrons. The lowest BCUT2D eigenvalue weighted by Crippen LogP contribution is -2.31. The van der Waals surface area contributed by atoms with Gasteiger partial charge in [0.25, 0.3) is 0 Å². The smallest absolute Gasteiger partial charge is 0.142 e. The Bertz CT molecular complexity index is 307. The van der Waals surface area contributed by atoms with E-state index in [-0.39, 0.29) is 6.04 Å². The number of nitrogens with zero attached hydrogens (tertiary/aromatic N) is 1. The zero-order valence-electron chi connectivity index (χ0n) is 9.77. The van der Waals surface area contributed by atoms with Gasteiger partial charge in [0.15, 0.2) is 0 Å². The molecule has 0 aliphatic carbocycles. The zero-order chi connectivity index (χ0) is 11.8. The number of hydrogen-bond donors (Lipinski definition) is 2. The lowest BCUT2D eigenvalue weighted by molar-refractivity contribution is 0.111. The maximum atomic E-state index is 5.50. The number of hydrazine groups is 1. The Balaban J connectivity index is 2.69. The summed E-state index contributed by atoms with van der Waals surface area (Å²) in [6.45, 7) is 3.31. The molecule has 0 aliphatic heterocycles. The largest absolute Gasteiger partial charge is 0.495 e. The van der Waals surface area contributed by atoms with Crippen LogP contribution < -0.4 is 16.0 Å². The molecule has 16 heavy (non-hydrogen) atoms. The van der Waals surface area contributed by atoms with Crippen LogP contribution in [0.3, 0.4) is 0 Å². The lowest BCUT2D eigenvalue weighted by atomic mass is 10.1. The molecular weight excluding hydrogens is 206 g/mol. The standard InChI is InChI=1S/C11H19N3O2/c1-3-6-16-8-10(14-12)9-4-5-13-7-11(9)15-2/h4-5,7,10,14H,3,6,8,12H2,1-2H3. The molecule has 1 atom stereocenters. The van der Waals surface area contributed by atoms with Crippen molar-refractivity contribution in [1.82, 2.24) is 10.4 Å². The second-order valence-electron chi connectivity index (χ2n) is 3.41. The Labute approximate surface area is 95.9 Å². The first-order valence-electron chi connectivity index (χ1n) is 5.35. The number of aromatic nitrogens is 1. The topological polar surface area (TPSA) is 69.4 Å². The van der Waals surface area contributed by atoms with E-state index < -0.39 is 0 Å². The average molecular weight is 225 g/mol. The summed E-state index contributed by atoms with van der Waals surface area (Å²) in [5.41, 5.74) is 3.67. The summed E-state index contributed by atoms with van der Waals surface area (Å²) in [5.74, 6) is 6.22. The molecule has 5 nitrogen and oxygen atoms in total. The third-order valence-electron chi connectivity index (χ3n) is 2.25. The molecule has 0 aromatic carbocycles. The maximum Gasteiger partial charge on any atom is 0.142 e. The fourth-order valence-electron chi connectivity index (χ4n) is 1.42. The molecule has 90 valence electrons. The second kappa shape index (κ2) is 7.16. The van der Waals surface area contributed by atoms with Crippen LogP contribution in [0, 0.1) is 0 Å². The lowest BCUT2D eigenvalue weighted by Gasteiger charge is -2.18. The Morgan fingerprint density at radius 3 is 3.00 bits per heavy atom. The molecule has 1 rings (SSSR count). The van der Waals surface area contributed by atoms with Crippen LogP contribution in [0.5, 0.6) is 5.75 Å². The number of rotatable bonds is 7. The Kier molecular flexibility index (Phi) is 5.77. The van der Waals surface area contributed by atoms with Gasteiger partial charge in [-0.3, -0.25) is 16.3 Å². The number of ether oxygens (including phenoxy) is 2. The zero-order valence-corrected chi connectivity index (χ0v) is 9.77. The number of hydrogen-bond acceptors (Lipinski definition) is 5. The highest BCUT2D eigenvalue weighted by Crippen LogP contribution is 2.23. The van der Waals surface area contributed by atoms with E-state index in [1.807, 2.05) is 6.07 Å². The van der Waals surface area contributed by atoms with Crippen molar-refractivity contribution in [3.05, 3.63) is 24.0 Å². The van der Waals surface area contributed by atoms with Crippen molar-refractivity contribution in [1.29, 1.82) is 0 Å². The minimum atomic E-state index is -0.0792. The van der Waals surface area contributed by atoms with Gasteiger partial charge in [-0.1, -0.05) is 6.92 Å². The van der Waals surface area contributed by atoms with E-state index in [2.05, 4.69) is 17.3 Å². The predicted molar refractivity (Wildman–Crippen MR) is 62.0 cm³/mol. The minimum Gasteiger partial charge on any atom is -0.495 e. The number of pyridine rings is 1. The van der Waals surface area contributed by atoms with Crippen LogP contribution in [0.2, 0.25) is 0 Å². The summed E-state index contributed by atoms with van der Waals surface area (Å²) in [6, 6.07) is 1.79. The van der Waals surface area contributed by atoms with E-state index in [4.69, 9.17) is 15.3 Å². The molecule has 5 heteroatoms. The summed E-state index contributed by atoms with van der Waals surface area (Å²) >= 11 is 0. The van der Waals surface area contributed by atoms with Crippen molar-refractivity contribution in [2.24, 2.45) is 5.84 Å². The maximum absolute atomic E-state index is 5.50. The molecule has 0 aliphatic rings. The molecule has 0 spiro atoms. The Morgan fingerprint density at radius 2 is 2.38 bits per heavy atom. The fraction of sp³-hybridized carbons (Fsp3) is 0.545. The first-order valence-corrected chi connectivity index (χ1v) is 5.35. The number of nitrogens with one attached hydrogen (secondary N) is 1. The summed E-state index contributed by atoms with van der Waals surface area (Å²) < 4.78 is 10.7. The average Bonchev–Trinajstić information content (AvgIpc) is 2.35. The second-order valence-corrected chi connectivity index (χ2v) is 3.41. The van der Waals surface area contributed by atoms with Crippen molar-refractivity contribution < 1.29 is 9.47 Å². The number of methoxy groups -OCH3 is 1. The van der Waals surface area contributed by atoms with Crippen LogP contribution >= 0.6 is 0 Å². The van der Waals surface area contributed by atoms with Gasteiger partial charge in [-0.15, -0.1) is 0 Å².